The van der Waals surface area contributed by atoms with Crippen molar-refractivity contribution in [1.29, 1.82) is 0 Å². The molecule has 5 heteroatoms. The number of aromatic carboxylic acids is 1. The highest BCUT2D eigenvalue weighted by Crippen LogP contribution is 2.22. The molecule has 0 bridgehead atoms. The van der Waals surface area contributed by atoms with Gasteiger partial charge in [-0.25, -0.2) is 9.78 Å². The number of ether oxygens (including phenoxy) is 1. The Hall–Kier alpha value is -1.88. The van der Waals surface area contributed by atoms with Gasteiger partial charge >= 0.3 is 5.97 Å². The quantitative estimate of drug-likeness (QED) is 0.918. The van der Waals surface area contributed by atoms with E-state index in [4.69, 9.17) is 9.84 Å². The lowest BCUT2D eigenvalue weighted by molar-refractivity contribution is 0.0532. The topological polar surface area (TPSA) is 64.3 Å². The molecule has 1 saturated carbocycles. The van der Waals surface area contributed by atoms with Crippen LogP contribution < -0.4 is 0 Å². The minimum absolute atomic E-state index is 0.292. The Balaban J connectivity index is 1.77. The van der Waals surface area contributed by atoms with Gasteiger partial charge in [0.2, 0.25) is 0 Å². The predicted molar refractivity (Wildman–Crippen MR) is 79.6 cm³/mol. The molecule has 0 saturated heterocycles. The lowest BCUT2D eigenvalue weighted by atomic mass is 10.2. The molecule has 112 valence electrons. The van der Waals surface area contributed by atoms with E-state index in [1.165, 1.54) is 12.8 Å². The number of fused-ring (bicyclic) bond motifs is 1. The van der Waals surface area contributed by atoms with Crippen LogP contribution in [0.2, 0.25) is 0 Å². The first kappa shape index (κ1) is 14.1. The summed E-state index contributed by atoms with van der Waals surface area (Å²) in [6, 6.07) is 5.05. The summed E-state index contributed by atoms with van der Waals surface area (Å²) in [7, 11) is 0. The van der Waals surface area contributed by atoms with Gasteiger partial charge in [0.05, 0.1) is 29.3 Å². The van der Waals surface area contributed by atoms with Gasteiger partial charge < -0.3 is 14.4 Å². The summed E-state index contributed by atoms with van der Waals surface area (Å²) in [5.74, 6) is -0.0212. The molecule has 0 atom stereocenters. The molecule has 0 aliphatic heterocycles. The number of aryl methyl sites for hydroxylation is 1. The number of hydrogen-bond acceptors (Lipinski definition) is 3. The zero-order valence-corrected chi connectivity index (χ0v) is 12.2. The summed E-state index contributed by atoms with van der Waals surface area (Å²) in [5, 5.41) is 9.11. The van der Waals surface area contributed by atoms with Crippen molar-refractivity contribution in [3.05, 3.63) is 29.6 Å². The normalized spacial score (nSPS) is 15.9. The van der Waals surface area contributed by atoms with Crippen molar-refractivity contribution >= 4 is 17.0 Å². The zero-order chi connectivity index (χ0) is 14.8. The number of carboxylic acid groups (broad SMARTS) is 1. The number of carbonyl (C=O) groups is 1. The fourth-order valence-electron chi connectivity index (χ4n) is 3.02. The van der Waals surface area contributed by atoms with Gasteiger partial charge in [-0.1, -0.05) is 12.8 Å². The molecular formula is C16H20N2O3. The molecular weight excluding hydrogens is 268 g/mol. The van der Waals surface area contributed by atoms with E-state index >= 15 is 0 Å². The number of carboxylic acids is 1. The molecule has 1 aromatic carbocycles. The van der Waals surface area contributed by atoms with Crippen molar-refractivity contribution in [3.63, 3.8) is 0 Å². The first-order valence-electron chi connectivity index (χ1n) is 7.47. The van der Waals surface area contributed by atoms with Crippen LogP contribution in [-0.2, 0) is 11.3 Å². The first-order valence-corrected chi connectivity index (χ1v) is 7.47. The summed E-state index contributed by atoms with van der Waals surface area (Å²) in [4.78, 5) is 15.6. The molecule has 21 heavy (non-hydrogen) atoms. The Morgan fingerprint density at radius 3 is 2.90 bits per heavy atom. The van der Waals surface area contributed by atoms with Crippen molar-refractivity contribution in [3.8, 4) is 0 Å². The molecule has 1 aromatic heterocycles. The second-order valence-electron chi connectivity index (χ2n) is 5.60. The average Bonchev–Trinajstić information content (AvgIpc) is 3.06. The van der Waals surface area contributed by atoms with Crippen LogP contribution in [0.3, 0.4) is 0 Å². The number of nitrogens with zero attached hydrogens (tertiary/aromatic N) is 2. The number of imidazole rings is 1. The maximum absolute atomic E-state index is 11.1. The van der Waals surface area contributed by atoms with Crippen molar-refractivity contribution in [1.82, 2.24) is 9.55 Å². The standard InChI is InChI=1S/C16H20N2O3/c1-11-17-14-7-6-12(16(19)20)10-15(14)18(11)8-9-21-13-4-2-3-5-13/h6-7,10,13H,2-5,8-9H2,1H3,(H,19,20). The number of benzene rings is 1. The Morgan fingerprint density at radius 1 is 1.43 bits per heavy atom. The van der Waals surface area contributed by atoms with Crippen LogP contribution in [0, 0.1) is 6.92 Å². The highest BCUT2D eigenvalue weighted by Gasteiger charge is 2.16. The van der Waals surface area contributed by atoms with E-state index < -0.39 is 5.97 Å². The number of rotatable bonds is 5. The molecule has 3 rings (SSSR count). The minimum atomic E-state index is -0.912. The Labute approximate surface area is 123 Å². The van der Waals surface area contributed by atoms with Crippen LogP contribution >= 0.6 is 0 Å². The van der Waals surface area contributed by atoms with Crippen LogP contribution in [0.4, 0.5) is 0 Å². The van der Waals surface area contributed by atoms with E-state index in [9.17, 15) is 4.79 Å². The van der Waals surface area contributed by atoms with Crippen molar-refractivity contribution < 1.29 is 14.6 Å². The molecule has 1 aliphatic rings. The molecule has 5 nitrogen and oxygen atoms in total. The summed E-state index contributed by atoms with van der Waals surface area (Å²) in [6.45, 7) is 3.30. The lowest BCUT2D eigenvalue weighted by Gasteiger charge is -2.12. The van der Waals surface area contributed by atoms with Gasteiger partial charge in [0.15, 0.2) is 0 Å². The second-order valence-corrected chi connectivity index (χ2v) is 5.60. The summed E-state index contributed by atoms with van der Waals surface area (Å²) < 4.78 is 7.93. The highest BCUT2D eigenvalue weighted by atomic mass is 16.5. The van der Waals surface area contributed by atoms with Crippen molar-refractivity contribution in [2.75, 3.05) is 6.61 Å². The van der Waals surface area contributed by atoms with Gasteiger partial charge in [-0.3, -0.25) is 0 Å². The zero-order valence-electron chi connectivity index (χ0n) is 12.2. The van der Waals surface area contributed by atoms with Crippen LogP contribution in [0.15, 0.2) is 18.2 Å². The van der Waals surface area contributed by atoms with Crippen LogP contribution in [0.25, 0.3) is 11.0 Å². The van der Waals surface area contributed by atoms with Gasteiger partial charge in [-0.2, -0.15) is 0 Å². The smallest absolute Gasteiger partial charge is 0.335 e. The van der Waals surface area contributed by atoms with Crippen molar-refractivity contribution in [2.24, 2.45) is 0 Å². The monoisotopic (exact) mass is 288 g/mol. The summed E-state index contributed by atoms with van der Waals surface area (Å²) >= 11 is 0. The molecule has 0 spiro atoms. The average molecular weight is 288 g/mol. The highest BCUT2D eigenvalue weighted by molar-refractivity contribution is 5.92. The molecule has 0 unspecified atom stereocenters. The molecule has 1 aliphatic carbocycles. The Morgan fingerprint density at radius 2 is 2.19 bits per heavy atom. The van der Waals surface area contributed by atoms with Crippen LogP contribution in [-0.4, -0.2) is 33.3 Å². The van der Waals surface area contributed by atoms with Crippen LogP contribution in [0.5, 0.6) is 0 Å². The third kappa shape index (κ3) is 2.93. The summed E-state index contributed by atoms with van der Waals surface area (Å²) in [5.41, 5.74) is 1.99. The second kappa shape index (κ2) is 5.85. The maximum atomic E-state index is 11.1. The van der Waals surface area contributed by atoms with E-state index in [-0.39, 0.29) is 0 Å². The van der Waals surface area contributed by atoms with Gasteiger partial charge in [0, 0.05) is 6.54 Å². The van der Waals surface area contributed by atoms with Gasteiger partial charge in [0.25, 0.3) is 0 Å². The molecule has 1 fully saturated rings. The molecule has 0 amide bonds. The fraction of sp³-hybridized carbons (Fsp3) is 0.500. The Kier molecular flexibility index (Phi) is 3.92. The van der Waals surface area contributed by atoms with Gasteiger partial charge in [-0.05, 0) is 38.0 Å². The van der Waals surface area contributed by atoms with E-state index in [1.807, 2.05) is 11.5 Å². The van der Waals surface area contributed by atoms with Crippen molar-refractivity contribution in [2.45, 2.75) is 45.3 Å². The van der Waals surface area contributed by atoms with Crippen LogP contribution in [0.1, 0.15) is 41.9 Å². The first-order chi connectivity index (χ1) is 10.1. The van der Waals surface area contributed by atoms with E-state index in [0.29, 0.717) is 24.8 Å². The van der Waals surface area contributed by atoms with E-state index in [1.54, 1.807) is 18.2 Å². The van der Waals surface area contributed by atoms with Gasteiger partial charge in [0.1, 0.15) is 5.82 Å². The Bertz CT molecular complexity index is 657. The molecule has 0 radical (unpaired) electrons. The maximum Gasteiger partial charge on any atom is 0.335 e. The van der Waals surface area contributed by atoms with Gasteiger partial charge in [-0.15, -0.1) is 0 Å². The molecule has 1 N–H and O–H groups in total. The minimum Gasteiger partial charge on any atom is -0.478 e. The fourth-order valence-corrected chi connectivity index (χ4v) is 3.02. The largest absolute Gasteiger partial charge is 0.478 e. The van der Waals surface area contributed by atoms with E-state index in [2.05, 4.69) is 4.98 Å². The molecule has 1 heterocycles. The predicted octanol–water partition coefficient (Wildman–Crippen LogP) is 3.00. The van der Waals surface area contributed by atoms with E-state index in [0.717, 1.165) is 29.7 Å². The molecule has 2 aromatic rings. The lowest BCUT2D eigenvalue weighted by Crippen LogP contribution is -2.14. The summed E-state index contributed by atoms with van der Waals surface area (Å²) in [6.07, 6.45) is 5.24. The third-order valence-electron chi connectivity index (χ3n) is 4.16. The number of hydrogen-bond donors (Lipinski definition) is 1. The third-order valence-corrected chi connectivity index (χ3v) is 4.16. The number of aromatic nitrogens is 2. The SMILES string of the molecule is Cc1nc2ccc(C(=O)O)cc2n1CCOC1CCCC1.